The highest BCUT2D eigenvalue weighted by molar-refractivity contribution is 5.27. The van der Waals surface area contributed by atoms with Gasteiger partial charge in [-0.15, -0.1) is 0 Å². The fourth-order valence-electron chi connectivity index (χ4n) is 3.12. The number of hydrogen-bond acceptors (Lipinski definition) is 2. The van der Waals surface area contributed by atoms with Crippen molar-refractivity contribution in [1.29, 1.82) is 0 Å². The molecule has 3 rings (SSSR count). The third kappa shape index (κ3) is 4.07. The van der Waals surface area contributed by atoms with Crippen molar-refractivity contribution in [2.75, 3.05) is 19.6 Å². The van der Waals surface area contributed by atoms with Gasteiger partial charge in [-0.25, -0.2) is 0 Å². The summed E-state index contributed by atoms with van der Waals surface area (Å²) in [4.78, 5) is 2.63. The zero-order valence-corrected chi connectivity index (χ0v) is 12.8. The number of rotatable bonds is 6. The normalized spacial score (nSPS) is 21.2. The molecule has 2 aliphatic rings. The van der Waals surface area contributed by atoms with E-state index >= 15 is 0 Å². The summed E-state index contributed by atoms with van der Waals surface area (Å²) in [6, 6.07) is 9.85. The lowest BCUT2D eigenvalue weighted by Gasteiger charge is -2.30. The highest BCUT2D eigenvalue weighted by Gasteiger charge is 2.20. The van der Waals surface area contributed by atoms with Crippen LogP contribution in [0, 0.1) is 5.92 Å². The maximum absolute atomic E-state index is 3.63. The van der Waals surface area contributed by atoms with Gasteiger partial charge in [0.2, 0.25) is 0 Å². The van der Waals surface area contributed by atoms with Crippen LogP contribution in [0.3, 0.4) is 0 Å². The van der Waals surface area contributed by atoms with E-state index in [4.69, 9.17) is 0 Å². The van der Waals surface area contributed by atoms with Gasteiger partial charge in [0.25, 0.3) is 0 Å². The first-order chi connectivity index (χ1) is 9.81. The maximum atomic E-state index is 3.63. The fourth-order valence-corrected chi connectivity index (χ4v) is 3.12. The van der Waals surface area contributed by atoms with Crippen LogP contribution in [-0.4, -0.2) is 30.6 Å². The molecule has 2 heteroatoms. The number of piperidine rings is 1. The first-order valence-electron chi connectivity index (χ1n) is 8.34. The quantitative estimate of drug-likeness (QED) is 0.855. The van der Waals surface area contributed by atoms with Crippen molar-refractivity contribution in [2.45, 2.75) is 51.6 Å². The van der Waals surface area contributed by atoms with E-state index in [9.17, 15) is 0 Å². The van der Waals surface area contributed by atoms with Crippen LogP contribution in [0.1, 0.15) is 43.7 Å². The summed E-state index contributed by atoms with van der Waals surface area (Å²) < 4.78 is 0. The Hall–Kier alpha value is -0.860. The van der Waals surface area contributed by atoms with E-state index < -0.39 is 0 Å². The molecule has 0 atom stereocenters. The minimum Gasteiger partial charge on any atom is -0.314 e. The van der Waals surface area contributed by atoms with Crippen molar-refractivity contribution in [2.24, 2.45) is 5.92 Å². The molecule has 0 unspecified atom stereocenters. The molecule has 1 aliphatic heterocycles. The average Bonchev–Trinajstić information content (AvgIpc) is 3.27. The summed E-state index contributed by atoms with van der Waals surface area (Å²) in [5.74, 6) is 0.921. The van der Waals surface area contributed by atoms with Gasteiger partial charge >= 0.3 is 0 Å². The zero-order chi connectivity index (χ0) is 13.8. The molecular weight excluding hydrogens is 244 g/mol. The largest absolute Gasteiger partial charge is 0.314 e. The van der Waals surface area contributed by atoms with Crippen molar-refractivity contribution in [3.05, 3.63) is 35.4 Å². The Bertz CT molecular complexity index is 417. The van der Waals surface area contributed by atoms with Crippen LogP contribution in [0.2, 0.25) is 0 Å². The van der Waals surface area contributed by atoms with Gasteiger partial charge < -0.3 is 5.32 Å². The van der Waals surface area contributed by atoms with Crippen molar-refractivity contribution >= 4 is 0 Å². The van der Waals surface area contributed by atoms with Crippen molar-refractivity contribution in [1.82, 2.24) is 10.2 Å². The molecule has 1 N–H and O–H groups in total. The third-order valence-electron chi connectivity index (χ3n) is 4.79. The second-order valence-corrected chi connectivity index (χ2v) is 6.71. The minimum absolute atomic E-state index is 0.825. The monoisotopic (exact) mass is 272 g/mol. The second kappa shape index (κ2) is 6.73. The van der Waals surface area contributed by atoms with Gasteiger partial charge in [0, 0.05) is 12.6 Å². The van der Waals surface area contributed by atoms with E-state index in [0.29, 0.717) is 0 Å². The number of hydrogen-bond donors (Lipinski definition) is 1. The molecule has 1 aliphatic carbocycles. The van der Waals surface area contributed by atoms with Crippen molar-refractivity contribution in [3.63, 3.8) is 0 Å². The molecule has 0 aromatic heterocycles. The summed E-state index contributed by atoms with van der Waals surface area (Å²) in [6.07, 6.45) is 6.68. The van der Waals surface area contributed by atoms with Crippen LogP contribution in [0.25, 0.3) is 0 Å². The molecule has 110 valence electrons. The summed E-state index contributed by atoms with van der Waals surface area (Å²) in [6.45, 7) is 7.21. The van der Waals surface area contributed by atoms with Crippen LogP contribution in [0.5, 0.6) is 0 Å². The lowest BCUT2D eigenvalue weighted by atomic mass is 9.97. The molecule has 0 amide bonds. The zero-order valence-electron chi connectivity index (χ0n) is 12.8. The minimum atomic E-state index is 0.825. The maximum Gasteiger partial charge on any atom is 0.0236 e. The Morgan fingerprint density at radius 2 is 1.75 bits per heavy atom. The van der Waals surface area contributed by atoms with E-state index in [2.05, 4.69) is 41.4 Å². The second-order valence-electron chi connectivity index (χ2n) is 6.71. The summed E-state index contributed by atoms with van der Waals surface area (Å²) in [5, 5.41) is 3.63. The average molecular weight is 272 g/mol. The number of nitrogens with one attached hydrogen (secondary N) is 1. The Kier molecular flexibility index (Phi) is 4.74. The van der Waals surface area contributed by atoms with Gasteiger partial charge in [-0.2, -0.15) is 0 Å². The molecule has 2 nitrogen and oxygen atoms in total. The van der Waals surface area contributed by atoms with Crippen molar-refractivity contribution < 1.29 is 0 Å². The molecule has 20 heavy (non-hydrogen) atoms. The van der Waals surface area contributed by atoms with Gasteiger partial charge in [0.05, 0.1) is 0 Å². The van der Waals surface area contributed by atoms with Crippen LogP contribution in [0.4, 0.5) is 0 Å². The van der Waals surface area contributed by atoms with Gasteiger partial charge in [0.15, 0.2) is 0 Å². The van der Waals surface area contributed by atoms with Gasteiger partial charge in [-0.05, 0) is 68.8 Å². The Labute approximate surface area is 123 Å². The van der Waals surface area contributed by atoms with Gasteiger partial charge in [-0.3, -0.25) is 4.90 Å². The molecule has 2 fully saturated rings. The molecule has 1 aromatic rings. The number of nitrogens with zero attached hydrogens (tertiary/aromatic N) is 1. The van der Waals surface area contributed by atoms with Crippen LogP contribution < -0.4 is 5.32 Å². The first kappa shape index (κ1) is 14.1. The standard InChI is InChI=1S/C18H28N2/c1-15-9-12-20(13-10-15)14-17-5-3-2-4-16(17)8-11-19-18-6-7-18/h2-5,15,18-19H,6-14H2,1H3. The predicted molar refractivity (Wildman–Crippen MR) is 84.8 cm³/mol. The Morgan fingerprint density at radius 1 is 1.05 bits per heavy atom. The van der Waals surface area contributed by atoms with E-state index in [1.165, 1.54) is 45.2 Å². The van der Waals surface area contributed by atoms with Crippen molar-refractivity contribution in [3.8, 4) is 0 Å². The molecule has 1 heterocycles. The fraction of sp³-hybridized carbons (Fsp3) is 0.667. The van der Waals surface area contributed by atoms with E-state index in [1.807, 2.05) is 0 Å². The number of likely N-dealkylation sites (tertiary alicyclic amines) is 1. The molecule has 1 saturated carbocycles. The summed E-state index contributed by atoms with van der Waals surface area (Å²) in [5.41, 5.74) is 3.08. The molecule has 0 spiro atoms. The summed E-state index contributed by atoms with van der Waals surface area (Å²) >= 11 is 0. The lowest BCUT2D eigenvalue weighted by molar-refractivity contribution is 0.185. The molecule has 0 bridgehead atoms. The third-order valence-corrected chi connectivity index (χ3v) is 4.79. The Morgan fingerprint density at radius 3 is 2.45 bits per heavy atom. The number of benzene rings is 1. The lowest BCUT2D eigenvalue weighted by Crippen LogP contribution is -2.32. The molecular formula is C18H28N2. The van der Waals surface area contributed by atoms with E-state index in [-0.39, 0.29) is 0 Å². The Balaban J connectivity index is 1.54. The highest BCUT2D eigenvalue weighted by Crippen LogP contribution is 2.21. The smallest absolute Gasteiger partial charge is 0.0236 e. The molecule has 0 radical (unpaired) electrons. The topological polar surface area (TPSA) is 15.3 Å². The summed E-state index contributed by atoms with van der Waals surface area (Å²) in [7, 11) is 0. The van der Waals surface area contributed by atoms with E-state index in [0.717, 1.165) is 25.0 Å². The highest BCUT2D eigenvalue weighted by atomic mass is 15.1. The van der Waals surface area contributed by atoms with Crippen LogP contribution in [0.15, 0.2) is 24.3 Å². The van der Waals surface area contributed by atoms with Gasteiger partial charge in [-0.1, -0.05) is 31.2 Å². The van der Waals surface area contributed by atoms with Crippen LogP contribution >= 0.6 is 0 Å². The molecule has 1 saturated heterocycles. The first-order valence-corrected chi connectivity index (χ1v) is 8.34. The van der Waals surface area contributed by atoms with E-state index in [1.54, 1.807) is 11.1 Å². The SMILES string of the molecule is CC1CCN(Cc2ccccc2CCNC2CC2)CC1. The predicted octanol–water partition coefficient (Wildman–Crippen LogP) is 3.21. The van der Waals surface area contributed by atoms with Gasteiger partial charge in [0.1, 0.15) is 0 Å². The molecule has 1 aromatic carbocycles. The van der Waals surface area contributed by atoms with Crippen LogP contribution in [-0.2, 0) is 13.0 Å².